The number of aromatic nitrogens is 4. The molecule has 0 aliphatic carbocycles. The minimum atomic E-state index is -1.85. The molecule has 0 radical (unpaired) electrons. The van der Waals surface area contributed by atoms with Gasteiger partial charge in [-0.05, 0) is 62.2 Å². The lowest BCUT2D eigenvalue weighted by atomic mass is 10.1. The van der Waals surface area contributed by atoms with Crippen LogP contribution >= 0.6 is 0 Å². The molecule has 10 nitrogen and oxygen atoms in total. The van der Waals surface area contributed by atoms with Gasteiger partial charge in [-0.15, -0.1) is 0 Å². The Morgan fingerprint density at radius 3 is 2.64 bits per heavy atom. The van der Waals surface area contributed by atoms with Crippen LogP contribution in [0.5, 0.6) is 0 Å². The van der Waals surface area contributed by atoms with E-state index in [0.29, 0.717) is 24.7 Å². The van der Waals surface area contributed by atoms with E-state index >= 15 is 0 Å². The number of piperidine rings is 1. The molecule has 0 bridgehead atoms. The van der Waals surface area contributed by atoms with Gasteiger partial charge in [-0.25, -0.2) is 4.98 Å². The highest BCUT2D eigenvalue weighted by atomic mass is 28.4. The predicted molar refractivity (Wildman–Crippen MR) is 168 cm³/mol. The van der Waals surface area contributed by atoms with Crippen molar-refractivity contribution in [3.8, 4) is 11.5 Å². The van der Waals surface area contributed by atoms with Crippen molar-refractivity contribution in [2.24, 2.45) is 0 Å². The van der Waals surface area contributed by atoms with Crippen molar-refractivity contribution >= 4 is 36.5 Å². The third-order valence-corrected chi connectivity index (χ3v) is 12.9. The van der Waals surface area contributed by atoms with Crippen LogP contribution in [-0.4, -0.2) is 66.9 Å². The summed E-state index contributed by atoms with van der Waals surface area (Å²) in [5.41, 5.74) is 4.35. The number of ether oxygens (including phenoxy) is 1. The maximum Gasteiger partial charge on any atom is 0.277 e. The van der Waals surface area contributed by atoms with Gasteiger partial charge in [0, 0.05) is 55.3 Å². The number of oxazole rings is 1. The number of hydrogen-bond acceptors (Lipinski definition) is 8. The first-order valence-electron chi connectivity index (χ1n) is 14.6. The van der Waals surface area contributed by atoms with Gasteiger partial charge in [-0.2, -0.15) is 5.10 Å². The van der Waals surface area contributed by atoms with Crippen LogP contribution < -0.4 is 10.2 Å². The predicted octanol–water partition coefficient (Wildman–Crippen LogP) is 6.28. The quantitative estimate of drug-likeness (QED) is 0.227. The van der Waals surface area contributed by atoms with Crippen molar-refractivity contribution in [2.75, 3.05) is 37.0 Å². The van der Waals surface area contributed by atoms with Gasteiger partial charge >= 0.3 is 0 Å². The second-order valence-corrected chi connectivity index (χ2v) is 17.3. The van der Waals surface area contributed by atoms with E-state index in [9.17, 15) is 4.79 Å². The summed E-state index contributed by atoms with van der Waals surface area (Å²) in [4.78, 5) is 24.4. The van der Waals surface area contributed by atoms with Crippen LogP contribution in [0.4, 0.5) is 11.4 Å². The van der Waals surface area contributed by atoms with E-state index in [1.54, 1.807) is 13.3 Å². The molecule has 5 rings (SSSR count). The first kappa shape index (κ1) is 29.9. The summed E-state index contributed by atoms with van der Waals surface area (Å²) >= 11 is 0. The fraction of sp³-hybridized carbons (Fsp3) is 0.484. The Balaban J connectivity index is 1.39. The average Bonchev–Trinajstić information content (AvgIpc) is 3.58. The number of carbonyl (C=O) groups is 1. The highest BCUT2D eigenvalue weighted by Crippen LogP contribution is 2.39. The molecule has 0 spiro atoms. The highest BCUT2D eigenvalue weighted by molar-refractivity contribution is 6.74. The molecule has 0 saturated carbocycles. The first-order valence-corrected chi connectivity index (χ1v) is 17.5. The van der Waals surface area contributed by atoms with Gasteiger partial charge < -0.3 is 23.8 Å². The van der Waals surface area contributed by atoms with E-state index in [2.05, 4.69) is 60.1 Å². The Morgan fingerprint density at radius 1 is 1.19 bits per heavy atom. The monoisotopic (exact) mass is 590 g/mol. The Kier molecular flexibility index (Phi) is 8.54. The molecule has 1 aromatic carbocycles. The lowest BCUT2D eigenvalue weighted by molar-refractivity contribution is 0.102. The van der Waals surface area contributed by atoms with Crippen LogP contribution in [0.2, 0.25) is 18.1 Å². The molecule has 1 aliphatic heterocycles. The fourth-order valence-corrected chi connectivity index (χ4v) is 6.38. The Labute approximate surface area is 248 Å². The van der Waals surface area contributed by atoms with Gasteiger partial charge in [0.05, 0.1) is 30.0 Å². The van der Waals surface area contributed by atoms with Gasteiger partial charge in [0.25, 0.3) is 5.91 Å². The summed E-state index contributed by atoms with van der Waals surface area (Å²) in [6, 6.07) is 7.74. The van der Waals surface area contributed by atoms with Crippen LogP contribution in [0.1, 0.15) is 49.8 Å². The zero-order valence-corrected chi connectivity index (χ0v) is 26.7. The molecule has 0 unspecified atom stereocenters. The van der Waals surface area contributed by atoms with Crippen molar-refractivity contribution in [2.45, 2.75) is 71.3 Å². The number of anilines is 2. The third kappa shape index (κ3) is 6.58. The number of carbonyl (C=O) groups excluding carboxylic acids is 1. The number of fused-ring (bicyclic) bond motifs is 1. The molecule has 42 heavy (non-hydrogen) atoms. The zero-order valence-electron chi connectivity index (χ0n) is 25.7. The number of aryl methyl sites for hydroxylation is 1. The second kappa shape index (κ2) is 12.0. The molecule has 1 N–H and O–H groups in total. The molecule has 1 fully saturated rings. The topological polar surface area (TPSA) is 108 Å². The minimum Gasteiger partial charge on any atom is -0.444 e. The maximum atomic E-state index is 13.4. The number of rotatable bonds is 9. The number of methoxy groups -OCH3 is 1. The Bertz CT molecular complexity index is 1550. The number of amides is 1. The normalized spacial score (nSPS) is 15.0. The number of benzene rings is 1. The van der Waals surface area contributed by atoms with Crippen LogP contribution in [-0.2, 0) is 15.7 Å². The Morgan fingerprint density at radius 2 is 1.95 bits per heavy atom. The van der Waals surface area contributed by atoms with E-state index in [4.69, 9.17) is 18.7 Å². The molecular weight excluding hydrogens is 548 g/mol. The van der Waals surface area contributed by atoms with E-state index < -0.39 is 8.32 Å². The van der Waals surface area contributed by atoms with Gasteiger partial charge in [-0.3, -0.25) is 14.5 Å². The van der Waals surface area contributed by atoms with Crippen molar-refractivity contribution in [1.29, 1.82) is 0 Å². The van der Waals surface area contributed by atoms with Crippen LogP contribution in [0.25, 0.3) is 22.4 Å². The Hall–Kier alpha value is -3.54. The molecule has 1 aliphatic rings. The number of nitrogens with zero attached hydrogens (tertiary/aromatic N) is 5. The zero-order chi connectivity index (χ0) is 30.1. The minimum absolute atomic E-state index is 0.172. The molecule has 11 heteroatoms. The first-order chi connectivity index (χ1) is 19.9. The highest BCUT2D eigenvalue weighted by Gasteiger charge is 2.39. The number of pyridine rings is 1. The van der Waals surface area contributed by atoms with Gasteiger partial charge in [0.1, 0.15) is 6.26 Å². The molecular formula is C31H42N6O4Si. The van der Waals surface area contributed by atoms with Crippen LogP contribution in [0.15, 0.2) is 47.3 Å². The van der Waals surface area contributed by atoms with Gasteiger partial charge in [-0.1, -0.05) is 20.8 Å². The maximum absolute atomic E-state index is 13.4. The molecule has 224 valence electrons. The molecule has 4 heterocycles. The largest absolute Gasteiger partial charge is 0.444 e. The van der Waals surface area contributed by atoms with E-state index in [1.807, 2.05) is 36.0 Å². The number of nitrogens with one attached hydrogen (secondary N) is 1. The van der Waals surface area contributed by atoms with E-state index in [-0.39, 0.29) is 22.7 Å². The van der Waals surface area contributed by atoms with Gasteiger partial charge in [0.15, 0.2) is 14.0 Å². The van der Waals surface area contributed by atoms with Crippen molar-refractivity contribution in [1.82, 2.24) is 19.7 Å². The van der Waals surface area contributed by atoms with Crippen molar-refractivity contribution in [3.05, 3.63) is 54.3 Å². The SMILES string of the molecule is COCCn1cc2cc(NC(=O)c3coc(-c4ccnc(C)c4)n3)c(N3CCC(O[Si](C)(C)C(C)(C)C)CC3)cc2n1. The molecule has 1 amide bonds. The second-order valence-electron chi connectivity index (χ2n) is 12.6. The molecule has 3 aromatic heterocycles. The summed E-state index contributed by atoms with van der Waals surface area (Å²) in [6.07, 6.45) is 7.17. The fourth-order valence-electron chi connectivity index (χ4n) is 4.96. The van der Waals surface area contributed by atoms with E-state index in [1.165, 1.54) is 6.26 Å². The smallest absolute Gasteiger partial charge is 0.277 e. The summed E-state index contributed by atoms with van der Waals surface area (Å²) in [5, 5.41) is 8.99. The van der Waals surface area contributed by atoms with Crippen LogP contribution in [0.3, 0.4) is 0 Å². The molecule has 0 atom stereocenters. The molecule has 1 saturated heterocycles. The van der Waals surface area contributed by atoms with Crippen LogP contribution in [0, 0.1) is 6.92 Å². The lowest BCUT2D eigenvalue weighted by Crippen LogP contribution is -2.47. The number of hydrogen-bond donors (Lipinski definition) is 1. The van der Waals surface area contributed by atoms with Gasteiger partial charge in [0.2, 0.25) is 5.89 Å². The summed E-state index contributed by atoms with van der Waals surface area (Å²) in [7, 11) is -0.173. The summed E-state index contributed by atoms with van der Waals surface area (Å²) in [5.74, 6) is 0.0452. The van der Waals surface area contributed by atoms with Crippen molar-refractivity contribution in [3.63, 3.8) is 0 Å². The summed E-state index contributed by atoms with van der Waals surface area (Å²) in [6.45, 7) is 16.2. The average molecular weight is 591 g/mol. The standard InChI is InChI=1S/C31H42N6O4Si/c1-21-16-22(8-11-32-21)30-34-27(20-40-30)29(38)33-26-17-23-19-37(14-15-39-5)35-25(23)18-28(26)36-12-9-24(10-13-36)41-42(6,7)31(2,3)4/h8,11,16-20,24H,9-10,12-15H2,1-7H3,(H,33,38). The lowest BCUT2D eigenvalue weighted by Gasteiger charge is -2.42. The summed E-state index contributed by atoms with van der Waals surface area (Å²) < 4.78 is 19.5. The molecule has 4 aromatic rings. The van der Waals surface area contributed by atoms with Crippen molar-refractivity contribution < 1.29 is 18.4 Å². The third-order valence-electron chi connectivity index (χ3n) is 8.37. The van der Waals surface area contributed by atoms with E-state index in [0.717, 1.165) is 53.8 Å².